The minimum absolute atomic E-state index is 0.217. The van der Waals surface area contributed by atoms with Crippen molar-refractivity contribution in [3.63, 3.8) is 0 Å². The van der Waals surface area contributed by atoms with Crippen molar-refractivity contribution in [2.45, 2.75) is 11.6 Å². The van der Waals surface area contributed by atoms with Crippen LogP contribution in [0.15, 0.2) is 40.9 Å². The summed E-state index contributed by atoms with van der Waals surface area (Å²) in [4.78, 5) is 0. The molecule has 0 aliphatic rings. The molecule has 2 rings (SSSR count). The van der Waals surface area contributed by atoms with E-state index in [-0.39, 0.29) is 15.6 Å². The Labute approximate surface area is 130 Å². The van der Waals surface area contributed by atoms with Crippen LogP contribution in [0.1, 0.15) is 22.1 Å². The third-order valence-electron chi connectivity index (χ3n) is 2.83. The van der Waals surface area contributed by atoms with Gasteiger partial charge >= 0.3 is 6.18 Å². The molecule has 0 heterocycles. The van der Waals surface area contributed by atoms with Crippen molar-refractivity contribution in [1.29, 1.82) is 0 Å². The average Bonchev–Trinajstić information content (AvgIpc) is 2.37. The van der Waals surface area contributed by atoms with Crippen molar-refractivity contribution in [3.8, 4) is 0 Å². The second-order valence-electron chi connectivity index (χ2n) is 4.26. The first kappa shape index (κ1) is 16.2. The van der Waals surface area contributed by atoms with E-state index in [0.717, 1.165) is 24.3 Å². The molecule has 2 aromatic rings. The van der Waals surface area contributed by atoms with E-state index in [2.05, 4.69) is 15.9 Å². The molecule has 0 bridgehead atoms. The largest absolute Gasteiger partial charge is 0.416 e. The number of benzene rings is 2. The molecule has 2 aromatic carbocycles. The molecule has 0 aromatic heterocycles. The lowest BCUT2D eigenvalue weighted by molar-refractivity contribution is -0.138. The van der Waals surface area contributed by atoms with Crippen molar-refractivity contribution in [1.82, 2.24) is 0 Å². The smallest absolute Gasteiger partial charge is 0.207 e. The van der Waals surface area contributed by atoms with E-state index in [0.29, 0.717) is 6.07 Å². The van der Waals surface area contributed by atoms with Gasteiger partial charge < -0.3 is 0 Å². The van der Waals surface area contributed by atoms with Gasteiger partial charge in [0.2, 0.25) is 0 Å². The quantitative estimate of drug-likeness (QED) is 0.434. The highest BCUT2D eigenvalue weighted by atomic mass is 79.9. The van der Waals surface area contributed by atoms with Crippen LogP contribution in [0.4, 0.5) is 22.0 Å². The van der Waals surface area contributed by atoms with E-state index in [1.165, 1.54) is 6.07 Å². The lowest BCUT2D eigenvalue weighted by atomic mass is 9.98. The van der Waals surface area contributed by atoms with Gasteiger partial charge in [-0.2, -0.15) is 13.2 Å². The maximum absolute atomic E-state index is 13.7. The molecule has 0 saturated carbocycles. The Morgan fingerprint density at radius 1 is 0.952 bits per heavy atom. The van der Waals surface area contributed by atoms with Gasteiger partial charge in [0, 0.05) is 16.1 Å². The van der Waals surface area contributed by atoms with Crippen LogP contribution in [-0.2, 0) is 6.18 Å². The predicted octanol–water partition coefficient (Wildman–Crippen LogP) is 6.07. The van der Waals surface area contributed by atoms with Gasteiger partial charge in [0.25, 0.3) is 0 Å². The normalized spacial score (nSPS) is 13.3. The number of halogens is 7. The first-order chi connectivity index (χ1) is 9.70. The molecular formula is C14H7BrClF5. The Morgan fingerprint density at radius 3 is 2.14 bits per heavy atom. The molecular weight excluding hydrogens is 379 g/mol. The van der Waals surface area contributed by atoms with Gasteiger partial charge in [-0.15, -0.1) is 11.6 Å². The van der Waals surface area contributed by atoms with Gasteiger partial charge in [-0.1, -0.05) is 28.1 Å². The summed E-state index contributed by atoms with van der Waals surface area (Å²) in [6, 6.07) is 5.96. The fourth-order valence-electron chi connectivity index (χ4n) is 1.87. The lowest BCUT2D eigenvalue weighted by Gasteiger charge is -2.18. The van der Waals surface area contributed by atoms with E-state index in [4.69, 9.17) is 11.6 Å². The van der Waals surface area contributed by atoms with Crippen molar-refractivity contribution < 1.29 is 22.0 Å². The van der Waals surface area contributed by atoms with Gasteiger partial charge in [-0.05, 0) is 23.8 Å². The number of rotatable bonds is 2. The Bertz CT molecular complexity index is 669. The maximum atomic E-state index is 13.7. The first-order valence-electron chi connectivity index (χ1n) is 5.66. The van der Waals surface area contributed by atoms with Gasteiger partial charge in [0.1, 0.15) is 11.6 Å². The Morgan fingerprint density at radius 2 is 1.57 bits per heavy atom. The van der Waals surface area contributed by atoms with Gasteiger partial charge in [0.15, 0.2) is 0 Å². The molecule has 112 valence electrons. The number of alkyl halides is 4. The fraction of sp³-hybridized carbons (Fsp3) is 0.143. The van der Waals surface area contributed by atoms with Gasteiger partial charge in [0.05, 0.1) is 10.9 Å². The maximum Gasteiger partial charge on any atom is 0.416 e. The number of hydrogen-bond donors (Lipinski definition) is 0. The SMILES string of the molecule is Fc1ccc(C(Cl)c2ccc(Br)cc2C(F)(F)F)c(F)c1. The fourth-order valence-corrected chi connectivity index (χ4v) is 2.60. The van der Waals surface area contributed by atoms with E-state index in [1.807, 2.05) is 0 Å². The topological polar surface area (TPSA) is 0 Å². The first-order valence-corrected chi connectivity index (χ1v) is 6.88. The molecule has 0 aliphatic heterocycles. The second kappa shape index (κ2) is 5.93. The average molecular weight is 386 g/mol. The van der Waals surface area contributed by atoms with Crippen molar-refractivity contribution in [2.75, 3.05) is 0 Å². The van der Waals surface area contributed by atoms with E-state index >= 15 is 0 Å². The van der Waals surface area contributed by atoms with Crippen LogP contribution >= 0.6 is 27.5 Å². The summed E-state index contributed by atoms with van der Waals surface area (Å²) in [5.41, 5.74) is -1.48. The molecule has 0 fully saturated rings. The molecule has 0 spiro atoms. The molecule has 0 N–H and O–H groups in total. The minimum atomic E-state index is -4.64. The summed E-state index contributed by atoms with van der Waals surface area (Å²) in [5.74, 6) is -1.82. The highest BCUT2D eigenvalue weighted by Crippen LogP contribution is 2.41. The van der Waals surface area contributed by atoms with Crippen LogP contribution < -0.4 is 0 Å². The summed E-state index contributed by atoms with van der Waals surface area (Å²) < 4.78 is 65.9. The zero-order valence-corrected chi connectivity index (χ0v) is 12.5. The Hall–Kier alpha value is -1.14. The van der Waals surface area contributed by atoms with E-state index < -0.39 is 28.8 Å². The molecule has 0 radical (unpaired) electrons. The third-order valence-corrected chi connectivity index (χ3v) is 3.79. The molecule has 0 saturated heterocycles. The molecule has 0 nitrogen and oxygen atoms in total. The molecule has 0 aliphatic carbocycles. The van der Waals surface area contributed by atoms with Crippen LogP contribution in [0.5, 0.6) is 0 Å². The van der Waals surface area contributed by atoms with Gasteiger partial charge in [-0.25, -0.2) is 8.78 Å². The molecule has 1 atom stereocenters. The molecule has 7 heteroatoms. The highest BCUT2D eigenvalue weighted by Gasteiger charge is 2.36. The summed E-state index contributed by atoms with van der Waals surface area (Å²) in [7, 11) is 0. The van der Waals surface area contributed by atoms with Crippen LogP contribution in [0.3, 0.4) is 0 Å². The third kappa shape index (κ3) is 3.55. The monoisotopic (exact) mass is 384 g/mol. The van der Waals surface area contributed by atoms with Crippen LogP contribution in [0, 0.1) is 11.6 Å². The summed E-state index contributed by atoms with van der Waals surface area (Å²) in [6.45, 7) is 0. The van der Waals surface area contributed by atoms with Crippen molar-refractivity contribution >= 4 is 27.5 Å². The van der Waals surface area contributed by atoms with E-state index in [1.54, 1.807) is 0 Å². The highest BCUT2D eigenvalue weighted by molar-refractivity contribution is 9.10. The summed E-state index contributed by atoms with van der Waals surface area (Å²) in [6.07, 6.45) is -4.64. The number of hydrogen-bond acceptors (Lipinski definition) is 0. The molecule has 1 unspecified atom stereocenters. The van der Waals surface area contributed by atoms with Crippen LogP contribution in [-0.4, -0.2) is 0 Å². The Balaban J connectivity index is 2.55. The van der Waals surface area contributed by atoms with Crippen LogP contribution in [0.2, 0.25) is 0 Å². The molecule has 21 heavy (non-hydrogen) atoms. The zero-order chi connectivity index (χ0) is 15.8. The van der Waals surface area contributed by atoms with Crippen molar-refractivity contribution in [3.05, 3.63) is 69.2 Å². The Kier molecular flexibility index (Phi) is 4.58. The molecule has 0 amide bonds. The standard InChI is InChI=1S/C14H7BrClF5/c15-7-1-3-9(11(5-7)14(19,20)21)13(16)10-4-2-8(17)6-12(10)18/h1-6,13H. The lowest BCUT2D eigenvalue weighted by Crippen LogP contribution is -2.11. The van der Waals surface area contributed by atoms with Crippen LogP contribution in [0.25, 0.3) is 0 Å². The summed E-state index contributed by atoms with van der Waals surface area (Å²) in [5, 5.41) is -1.38. The second-order valence-corrected chi connectivity index (χ2v) is 5.61. The van der Waals surface area contributed by atoms with Gasteiger partial charge in [-0.3, -0.25) is 0 Å². The zero-order valence-electron chi connectivity index (χ0n) is 10.2. The summed E-state index contributed by atoms with van der Waals surface area (Å²) >= 11 is 8.93. The van der Waals surface area contributed by atoms with Crippen molar-refractivity contribution in [2.24, 2.45) is 0 Å². The predicted molar refractivity (Wildman–Crippen MR) is 73.2 cm³/mol. The van der Waals surface area contributed by atoms with E-state index in [9.17, 15) is 22.0 Å². The minimum Gasteiger partial charge on any atom is -0.207 e.